The van der Waals surface area contributed by atoms with Crippen LogP contribution in [0.5, 0.6) is 0 Å². The van der Waals surface area contributed by atoms with Gasteiger partial charge in [0.05, 0.1) is 5.69 Å². The highest BCUT2D eigenvalue weighted by atomic mass is 19.1. The normalized spacial score (nSPS) is 17.1. The van der Waals surface area contributed by atoms with E-state index in [-0.39, 0.29) is 23.3 Å². The van der Waals surface area contributed by atoms with Crippen molar-refractivity contribution in [3.63, 3.8) is 0 Å². The van der Waals surface area contributed by atoms with E-state index in [9.17, 15) is 9.18 Å². The Bertz CT molecular complexity index is 700. The summed E-state index contributed by atoms with van der Waals surface area (Å²) in [7, 11) is 0. The average Bonchev–Trinajstić information content (AvgIpc) is 2.95. The molecule has 1 saturated heterocycles. The summed E-state index contributed by atoms with van der Waals surface area (Å²) in [6.07, 6.45) is 1.66. The molecule has 2 aromatic carbocycles. The molecule has 1 heterocycles. The molecule has 120 valence electrons. The van der Waals surface area contributed by atoms with E-state index in [1.807, 2.05) is 24.3 Å². The van der Waals surface area contributed by atoms with E-state index in [0.29, 0.717) is 12.1 Å². The van der Waals surface area contributed by atoms with Gasteiger partial charge in [0.1, 0.15) is 0 Å². The number of carbonyl (C=O) groups is 1. The molecule has 1 fully saturated rings. The van der Waals surface area contributed by atoms with Crippen LogP contribution in [-0.4, -0.2) is 12.5 Å². The van der Waals surface area contributed by atoms with Crippen LogP contribution in [0.15, 0.2) is 42.5 Å². The second-order valence-electron chi connectivity index (χ2n) is 5.85. The van der Waals surface area contributed by atoms with E-state index in [0.717, 1.165) is 30.6 Å². The monoisotopic (exact) mass is 313 g/mol. The van der Waals surface area contributed by atoms with Gasteiger partial charge in [-0.3, -0.25) is 4.79 Å². The van der Waals surface area contributed by atoms with E-state index < -0.39 is 0 Å². The summed E-state index contributed by atoms with van der Waals surface area (Å²) in [4.78, 5) is 11.6. The first kappa shape index (κ1) is 15.3. The number of amides is 1. The number of halogens is 1. The van der Waals surface area contributed by atoms with Crippen LogP contribution in [0.3, 0.4) is 0 Å². The minimum atomic E-state index is -0.371. The predicted molar refractivity (Wildman–Crippen MR) is 89.4 cm³/mol. The molecule has 0 aromatic heterocycles. The van der Waals surface area contributed by atoms with Gasteiger partial charge in [-0.1, -0.05) is 24.3 Å². The number of nitrogen functional groups attached to an aromatic ring is 1. The van der Waals surface area contributed by atoms with Crippen molar-refractivity contribution < 1.29 is 9.18 Å². The smallest absolute Gasteiger partial charge is 0.223 e. The number of anilines is 2. The molecule has 2 aromatic rings. The van der Waals surface area contributed by atoms with E-state index >= 15 is 0 Å². The summed E-state index contributed by atoms with van der Waals surface area (Å²) < 4.78 is 13.8. The van der Waals surface area contributed by atoms with Gasteiger partial charge in [-0.05, 0) is 36.6 Å². The molecule has 0 bridgehead atoms. The number of hydrogen-bond donors (Lipinski definition) is 3. The molecule has 0 radical (unpaired) electrons. The van der Waals surface area contributed by atoms with Crippen molar-refractivity contribution in [3.8, 4) is 0 Å². The van der Waals surface area contributed by atoms with Crippen LogP contribution in [0.4, 0.5) is 15.8 Å². The van der Waals surface area contributed by atoms with Crippen molar-refractivity contribution in [1.29, 1.82) is 0 Å². The van der Waals surface area contributed by atoms with E-state index in [2.05, 4.69) is 10.6 Å². The number of hydrogen-bond acceptors (Lipinski definition) is 3. The largest absolute Gasteiger partial charge is 0.396 e. The zero-order valence-corrected chi connectivity index (χ0v) is 12.8. The zero-order chi connectivity index (χ0) is 16.2. The summed E-state index contributed by atoms with van der Waals surface area (Å²) in [6, 6.07) is 12.9. The number of nitrogens with one attached hydrogen (secondary N) is 2. The van der Waals surface area contributed by atoms with Gasteiger partial charge >= 0.3 is 0 Å². The lowest BCUT2D eigenvalue weighted by molar-refractivity contribution is -0.122. The SMILES string of the molecule is Nc1cccc(CNc2ccc(CC3CCNC3=O)cc2)c1F. The molecule has 23 heavy (non-hydrogen) atoms. The molecule has 5 heteroatoms. The highest BCUT2D eigenvalue weighted by Crippen LogP contribution is 2.20. The van der Waals surface area contributed by atoms with Gasteiger partial charge in [-0.25, -0.2) is 4.39 Å². The molecule has 1 amide bonds. The van der Waals surface area contributed by atoms with Crippen LogP contribution in [0, 0.1) is 11.7 Å². The summed E-state index contributed by atoms with van der Waals surface area (Å²) >= 11 is 0. The van der Waals surface area contributed by atoms with Crippen molar-refractivity contribution in [3.05, 3.63) is 59.4 Å². The van der Waals surface area contributed by atoms with Gasteiger partial charge in [0.2, 0.25) is 5.91 Å². The fraction of sp³-hybridized carbons (Fsp3) is 0.278. The quantitative estimate of drug-likeness (QED) is 0.744. The Kier molecular flexibility index (Phi) is 4.46. The van der Waals surface area contributed by atoms with E-state index in [1.165, 1.54) is 0 Å². The van der Waals surface area contributed by atoms with Gasteiger partial charge in [0.25, 0.3) is 0 Å². The Morgan fingerprint density at radius 3 is 2.70 bits per heavy atom. The topological polar surface area (TPSA) is 67.2 Å². The van der Waals surface area contributed by atoms with Crippen molar-refractivity contribution in [1.82, 2.24) is 5.32 Å². The standard InChI is InChI=1S/C18H20FN3O/c19-17-14(2-1-3-16(17)20)11-22-15-6-4-12(5-7-15)10-13-8-9-21-18(13)23/h1-7,13,22H,8-11,20H2,(H,21,23). The molecular formula is C18H20FN3O. The Labute approximate surface area is 134 Å². The molecule has 3 rings (SSSR count). The number of carbonyl (C=O) groups excluding carboxylic acids is 1. The van der Waals surface area contributed by atoms with Crippen molar-refractivity contribution in [2.45, 2.75) is 19.4 Å². The van der Waals surface area contributed by atoms with Crippen LogP contribution >= 0.6 is 0 Å². The molecule has 1 aliphatic heterocycles. The average molecular weight is 313 g/mol. The van der Waals surface area contributed by atoms with Crippen molar-refractivity contribution in [2.24, 2.45) is 5.92 Å². The molecular weight excluding hydrogens is 293 g/mol. The van der Waals surface area contributed by atoms with E-state index in [4.69, 9.17) is 5.73 Å². The number of rotatable bonds is 5. The fourth-order valence-electron chi connectivity index (χ4n) is 2.82. The molecule has 4 N–H and O–H groups in total. The highest BCUT2D eigenvalue weighted by Gasteiger charge is 2.23. The molecule has 0 aliphatic carbocycles. The minimum absolute atomic E-state index is 0.0789. The van der Waals surface area contributed by atoms with Crippen LogP contribution in [0.25, 0.3) is 0 Å². The molecule has 1 atom stereocenters. The highest BCUT2D eigenvalue weighted by molar-refractivity contribution is 5.80. The molecule has 1 aliphatic rings. The zero-order valence-electron chi connectivity index (χ0n) is 12.8. The van der Waals surface area contributed by atoms with Crippen LogP contribution in [-0.2, 0) is 17.8 Å². The summed E-state index contributed by atoms with van der Waals surface area (Å²) in [5.41, 5.74) is 8.30. The fourth-order valence-corrected chi connectivity index (χ4v) is 2.82. The third kappa shape index (κ3) is 3.62. The van der Waals surface area contributed by atoms with Crippen LogP contribution in [0.2, 0.25) is 0 Å². The number of benzene rings is 2. The second-order valence-corrected chi connectivity index (χ2v) is 5.85. The van der Waals surface area contributed by atoms with Crippen molar-refractivity contribution >= 4 is 17.3 Å². The Morgan fingerprint density at radius 2 is 2.00 bits per heavy atom. The Balaban J connectivity index is 1.59. The van der Waals surface area contributed by atoms with Gasteiger partial charge in [-0.2, -0.15) is 0 Å². The van der Waals surface area contributed by atoms with E-state index in [1.54, 1.807) is 18.2 Å². The summed E-state index contributed by atoms with van der Waals surface area (Å²) in [6.45, 7) is 1.15. The minimum Gasteiger partial charge on any atom is -0.396 e. The van der Waals surface area contributed by atoms with Gasteiger partial charge in [0.15, 0.2) is 5.82 Å². The first-order valence-corrected chi connectivity index (χ1v) is 7.77. The Morgan fingerprint density at radius 1 is 1.22 bits per heavy atom. The molecule has 0 saturated carbocycles. The van der Waals surface area contributed by atoms with Crippen LogP contribution in [0.1, 0.15) is 17.5 Å². The maximum Gasteiger partial charge on any atom is 0.223 e. The van der Waals surface area contributed by atoms with Crippen LogP contribution < -0.4 is 16.4 Å². The first-order chi connectivity index (χ1) is 11.1. The summed E-state index contributed by atoms with van der Waals surface area (Å²) in [5.74, 6) is -0.150. The third-order valence-electron chi connectivity index (χ3n) is 4.19. The van der Waals surface area contributed by atoms with Gasteiger partial charge < -0.3 is 16.4 Å². The lowest BCUT2D eigenvalue weighted by Crippen LogP contribution is -2.20. The molecule has 0 spiro atoms. The van der Waals surface area contributed by atoms with Gasteiger partial charge in [-0.15, -0.1) is 0 Å². The maximum absolute atomic E-state index is 13.8. The predicted octanol–water partition coefficient (Wildman–Crippen LogP) is 2.70. The first-order valence-electron chi connectivity index (χ1n) is 7.77. The second kappa shape index (κ2) is 6.69. The molecule has 4 nitrogen and oxygen atoms in total. The summed E-state index contributed by atoms with van der Waals surface area (Å²) in [5, 5.41) is 6.04. The van der Waals surface area contributed by atoms with Crippen molar-refractivity contribution in [2.75, 3.05) is 17.6 Å². The lowest BCUT2D eigenvalue weighted by atomic mass is 9.98. The van der Waals surface area contributed by atoms with Gasteiger partial charge in [0, 0.05) is 30.3 Å². The number of nitrogens with two attached hydrogens (primary N) is 1. The lowest BCUT2D eigenvalue weighted by Gasteiger charge is -2.10. The third-order valence-corrected chi connectivity index (χ3v) is 4.19. The maximum atomic E-state index is 13.8. The molecule has 1 unspecified atom stereocenters. The Hall–Kier alpha value is -2.56.